The molecule has 0 aromatic carbocycles. The molecule has 92 valence electrons. The Hall–Kier alpha value is -1.32. The van der Waals surface area contributed by atoms with Gasteiger partial charge in [0.05, 0.1) is 6.61 Å². The fourth-order valence-corrected chi connectivity index (χ4v) is 1.22. The number of amides is 1. The summed E-state index contributed by atoms with van der Waals surface area (Å²) in [4.78, 5) is 22.2. The van der Waals surface area contributed by atoms with Gasteiger partial charge in [-0.05, 0) is 19.3 Å². The highest BCUT2D eigenvalue weighted by molar-refractivity contribution is 5.84. The third-order valence-corrected chi connectivity index (χ3v) is 2.18. The van der Waals surface area contributed by atoms with Crippen LogP contribution in [0.3, 0.4) is 0 Å². The van der Waals surface area contributed by atoms with E-state index in [0.29, 0.717) is 24.6 Å². The zero-order chi connectivity index (χ0) is 12.6. The van der Waals surface area contributed by atoms with Crippen molar-refractivity contribution in [1.29, 1.82) is 0 Å². The monoisotopic (exact) mass is 227 g/mol. The van der Waals surface area contributed by atoms with Crippen LogP contribution in [0.15, 0.2) is 11.8 Å². The molecule has 0 fully saturated rings. The lowest BCUT2D eigenvalue weighted by molar-refractivity contribution is -0.137. The topological polar surface area (TPSA) is 55.4 Å². The Balaban J connectivity index is 4.51. The second-order valence-corrected chi connectivity index (χ2v) is 3.82. The molecule has 1 atom stereocenters. The summed E-state index contributed by atoms with van der Waals surface area (Å²) in [6, 6.07) is 0. The predicted octanol–water partition coefficient (Wildman–Crippen LogP) is 2.01. The maximum absolute atomic E-state index is 11.3. The smallest absolute Gasteiger partial charge is 0.332 e. The van der Waals surface area contributed by atoms with Crippen LogP contribution in [0.5, 0.6) is 0 Å². The van der Waals surface area contributed by atoms with Crippen LogP contribution in [0.1, 0.15) is 40.5 Å². The lowest BCUT2D eigenvalue weighted by atomic mass is 10.0. The van der Waals surface area contributed by atoms with Gasteiger partial charge in [-0.15, -0.1) is 0 Å². The molecule has 16 heavy (non-hydrogen) atoms. The Morgan fingerprint density at radius 2 is 2.00 bits per heavy atom. The Labute approximate surface area is 97.1 Å². The molecule has 0 aliphatic carbocycles. The maximum atomic E-state index is 11.3. The molecule has 0 bridgehead atoms. The second kappa shape index (κ2) is 7.91. The summed E-state index contributed by atoms with van der Waals surface area (Å²) in [5, 5.41) is 2.66. The van der Waals surface area contributed by atoms with E-state index in [1.807, 2.05) is 0 Å². The molecule has 0 aliphatic rings. The van der Waals surface area contributed by atoms with Crippen molar-refractivity contribution in [3.8, 4) is 0 Å². The number of allylic oxidation sites excluding steroid dienone is 1. The van der Waals surface area contributed by atoms with E-state index >= 15 is 0 Å². The van der Waals surface area contributed by atoms with Gasteiger partial charge in [0.2, 0.25) is 5.91 Å². The number of hydrogen-bond acceptors (Lipinski definition) is 3. The first-order valence-corrected chi connectivity index (χ1v) is 5.64. The van der Waals surface area contributed by atoms with Gasteiger partial charge >= 0.3 is 5.97 Å². The SMILES string of the molecule is CCOC(=O)/C=C(/C[C@H](C)CC)NC(C)=O. The van der Waals surface area contributed by atoms with Crippen molar-refractivity contribution in [2.24, 2.45) is 5.92 Å². The molecule has 1 amide bonds. The van der Waals surface area contributed by atoms with E-state index in [0.717, 1.165) is 6.42 Å². The van der Waals surface area contributed by atoms with E-state index in [2.05, 4.69) is 19.2 Å². The first-order chi connectivity index (χ1) is 7.49. The molecular weight excluding hydrogens is 206 g/mol. The van der Waals surface area contributed by atoms with Gasteiger partial charge < -0.3 is 10.1 Å². The van der Waals surface area contributed by atoms with Crippen LogP contribution in [0.4, 0.5) is 0 Å². The molecule has 0 aromatic rings. The van der Waals surface area contributed by atoms with Gasteiger partial charge in [0.25, 0.3) is 0 Å². The normalized spacial score (nSPS) is 13.1. The van der Waals surface area contributed by atoms with Gasteiger partial charge in [0, 0.05) is 18.7 Å². The van der Waals surface area contributed by atoms with Crippen LogP contribution in [-0.4, -0.2) is 18.5 Å². The zero-order valence-electron chi connectivity index (χ0n) is 10.5. The van der Waals surface area contributed by atoms with Gasteiger partial charge in [-0.1, -0.05) is 20.3 Å². The molecule has 0 rings (SSSR count). The molecule has 0 unspecified atom stereocenters. The van der Waals surface area contributed by atoms with E-state index in [-0.39, 0.29) is 5.91 Å². The summed E-state index contributed by atoms with van der Waals surface area (Å²) in [6.07, 6.45) is 3.03. The summed E-state index contributed by atoms with van der Waals surface area (Å²) < 4.78 is 4.80. The number of ether oxygens (including phenoxy) is 1. The molecule has 4 heteroatoms. The molecule has 0 radical (unpaired) electrons. The average Bonchev–Trinajstić information content (AvgIpc) is 2.16. The number of nitrogens with one attached hydrogen (secondary N) is 1. The average molecular weight is 227 g/mol. The molecule has 0 saturated heterocycles. The fourth-order valence-electron chi connectivity index (χ4n) is 1.22. The number of carbonyl (C=O) groups excluding carboxylic acids is 2. The summed E-state index contributed by atoms with van der Waals surface area (Å²) in [5.74, 6) is -0.152. The zero-order valence-corrected chi connectivity index (χ0v) is 10.5. The van der Waals surface area contributed by atoms with Crippen LogP contribution < -0.4 is 5.32 Å². The lowest BCUT2D eigenvalue weighted by Crippen LogP contribution is -2.22. The fraction of sp³-hybridized carbons (Fsp3) is 0.667. The first-order valence-electron chi connectivity index (χ1n) is 5.64. The van der Waals surface area contributed by atoms with Crippen LogP contribution in [0, 0.1) is 5.92 Å². The van der Waals surface area contributed by atoms with Crippen LogP contribution >= 0.6 is 0 Å². The van der Waals surface area contributed by atoms with Gasteiger partial charge in [-0.2, -0.15) is 0 Å². The van der Waals surface area contributed by atoms with Crippen LogP contribution in [0.2, 0.25) is 0 Å². The highest BCUT2D eigenvalue weighted by Gasteiger charge is 2.08. The molecule has 0 saturated carbocycles. The van der Waals surface area contributed by atoms with Crippen molar-refractivity contribution in [3.05, 3.63) is 11.8 Å². The Morgan fingerprint density at radius 1 is 1.38 bits per heavy atom. The highest BCUT2D eigenvalue weighted by Crippen LogP contribution is 2.12. The third kappa shape index (κ3) is 7.04. The minimum Gasteiger partial charge on any atom is -0.463 e. The predicted molar refractivity (Wildman–Crippen MR) is 62.6 cm³/mol. The van der Waals surface area contributed by atoms with Gasteiger partial charge in [0.1, 0.15) is 0 Å². The number of hydrogen-bond donors (Lipinski definition) is 1. The molecule has 0 aliphatic heterocycles. The van der Waals surface area contributed by atoms with Crippen LogP contribution in [-0.2, 0) is 14.3 Å². The minimum absolute atomic E-state index is 0.168. The summed E-state index contributed by atoms with van der Waals surface area (Å²) in [7, 11) is 0. The van der Waals surface area contributed by atoms with Crippen molar-refractivity contribution in [2.45, 2.75) is 40.5 Å². The van der Waals surface area contributed by atoms with E-state index in [1.165, 1.54) is 13.0 Å². The second-order valence-electron chi connectivity index (χ2n) is 3.82. The molecule has 0 heterocycles. The molecule has 1 N–H and O–H groups in total. The molecular formula is C12H21NO3. The van der Waals surface area contributed by atoms with E-state index < -0.39 is 5.97 Å². The Bertz CT molecular complexity index is 271. The lowest BCUT2D eigenvalue weighted by Gasteiger charge is -2.12. The quantitative estimate of drug-likeness (QED) is 0.558. The number of esters is 1. The third-order valence-electron chi connectivity index (χ3n) is 2.18. The highest BCUT2D eigenvalue weighted by atomic mass is 16.5. The molecule has 4 nitrogen and oxygen atoms in total. The Morgan fingerprint density at radius 3 is 2.44 bits per heavy atom. The first kappa shape index (κ1) is 14.7. The number of rotatable bonds is 6. The Kier molecular flexibility index (Phi) is 7.25. The number of carbonyl (C=O) groups is 2. The molecule has 0 aromatic heterocycles. The summed E-state index contributed by atoms with van der Waals surface area (Å²) >= 11 is 0. The van der Waals surface area contributed by atoms with Gasteiger partial charge in [-0.3, -0.25) is 4.79 Å². The van der Waals surface area contributed by atoms with Crippen molar-refractivity contribution < 1.29 is 14.3 Å². The molecule has 0 spiro atoms. The largest absolute Gasteiger partial charge is 0.463 e. The van der Waals surface area contributed by atoms with Crippen molar-refractivity contribution in [2.75, 3.05) is 6.61 Å². The van der Waals surface area contributed by atoms with E-state index in [9.17, 15) is 9.59 Å². The standard InChI is InChI=1S/C12H21NO3/c1-5-9(3)7-11(13-10(4)14)8-12(15)16-6-2/h8-9H,5-7H2,1-4H3,(H,13,14)/b11-8-/t9-/m1/s1. The minimum atomic E-state index is -0.408. The van der Waals surface area contributed by atoms with Gasteiger partial charge in [-0.25, -0.2) is 4.79 Å². The van der Waals surface area contributed by atoms with Crippen molar-refractivity contribution in [1.82, 2.24) is 5.32 Å². The van der Waals surface area contributed by atoms with Crippen molar-refractivity contribution >= 4 is 11.9 Å². The van der Waals surface area contributed by atoms with E-state index in [4.69, 9.17) is 4.74 Å². The summed E-state index contributed by atoms with van der Waals surface area (Å²) in [6.45, 7) is 7.65. The summed E-state index contributed by atoms with van der Waals surface area (Å²) in [5.41, 5.74) is 0.625. The van der Waals surface area contributed by atoms with Gasteiger partial charge in [0.15, 0.2) is 0 Å². The van der Waals surface area contributed by atoms with E-state index in [1.54, 1.807) is 6.92 Å². The van der Waals surface area contributed by atoms with Crippen LogP contribution in [0.25, 0.3) is 0 Å². The maximum Gasteiger partial charge on any atom is 0.332 e. The van der Waals surface area contributed by atoms with Crippen molar-refractivity contribution in [3.63, 3.8) is 0 Å².